The third kappa shape index (κ3) is 5.07. The van der Waals surface area contributed by atoms with Gasteiger partial charge in [0, 0.05) is 13.1 Å². The van der Waals surface area contributed by atoms with E-state index in [0.29, 0.717) is 12.4 Å². The number of hydrogen-bond acceptors (Lipinski definition) is 4. The van der Waals surface area contributed by atoms with E-state index < -0.39 is 11.7 Å². The number of nitrogens with one attached hydrogen (secondary N) is 1. The third-order valence-electron chi connectivity index (χ3n) is 2.03. The van der Waals surface area contributed by atoms with Crippen LogP contribution in [-0.4, -0.2) is 34.1 Å². The van der Waals surface area contributed by atoms with E-state index in [4.69, 9.17) is 9.47 Å². The zero-order valence-corrected chi connectivity index (χ0v) is 11.6. The van der Waals surface area contributed by atoms with Crippen molar-refractivity contribution in [3.05, 3.63) is 12.3 Å². The fourth-order valence-electron chi connectivity index (χ4n) is 1.27. The Bertz CT molecular complexity index is 396. The lowest BCUT2D eigenvalue weighted by molar-refractivity contribution is 0.0503. The quantitative estimate of drug-likeness (QED) is 0.889. The maximum atomic E-state index is 11.4. The second-order valence-electron chi connectivity index (χ2n) is 5.10. The second-order valence-corrected chi connectivity index (χ2v) is 5.10. The summed E-state index contributed by atoms with van der Waals surface area (Å²) in [6.07, 6.45) is 1.06. The van der Waals surface area contributed by atoms with Gasteiger partial charge in [0.15, 0.2) is 0 Å². The highest BCUT2D eigenvalue weighted by atomic mass is 16.6. The van der Waals surface area contributed by atoms with Crippen LogP contribution in [0.15, 0.2) is 12.3 Å². The van der Waals surface area contributed by atoms with Gasteiger partial charge in [0.25, 0.3) is 0 Å². The number of hydrogen-bond donors (Lipinski definition) is 1. The average molecular weight is 255 g/mol. The van der Waals surface area contributed by atoms with Crippen LogP contribution in [0, 0.1) is 0 Å². The molecule has 0 aromatic carbocycles. The topological polar surface area (TPSA) is 65.4 Å². The molecule has 0 radical (unpaired) electrons. The van der Waals surface area contributed by atoms with Gasteiger partial charge in [-0.3, -0.25) is 0 Å². The average Bonchev–Trinajstić information content (AvgIpc) is 2.59. The Balaban J connectivity index is 2.31. The predicted octanol–water partition coefficient (Wildman–Crippen LogP) is 1.71. The Kier molecular flexibility index (Phi) is 4.58. The van der Waals surface area contributed by atoms with E-state index in [-0.39, 0.29) is 6.10 Å². The maximum absolute atomic E-state index is 11.4. The van der Waals surface area contributed by atoms with Gasteiger partial charge < -0.3 is 14.8 Å². The summed E-state index contributed by atoms with van der Waals surface area (Å²) in [5, 5.41) is 6.65. The number of alkyl carbamates (subject to hydrolysis) is 1. The van der Waals surface area contributed by atoms with Gasteiger partial charge in [-0.15, -0.1) is 0 Å². The summed E-state index contributed by atoms with van der Waals surface area (Å²) in [4.78, 5) is 11.4. The molecule has 0 saturated carbocycles. The van der Waals surface area contributed by atoms with Crippen molar-refractivity contribution < 1.29 is 14.3 Å². The van der Waals surface area contributed by atoms with Gasteiger partial charge in [0.05, 0.1) is 12.7 Å². The molecule has 1 aromatic rings. The highest BCUT2D eigenvalue weighted by Gasteiger charge is 2.16. The van der Waals surface area contributed by atoms with Crippen LogP contribution in [0.5, 0.6) is 5.88 Å². The van der Waals surface area contributed by atoms with Crippen LogP contribution in [0.3, 0.4) is 0 Å². The summed E-state index contributed by atoms with van der Waals surface area (Å²) in [5.41, 5.74) is -0.490. The number of nitrogens with zero attached hydrogens (tertiary/aromatic N) is 2. The van der Waals surface area contributed by atoms with Crippen molar-refractivity contribution in [1.82, 2.24) is 15.1 Å². The van der Waals surface area contributed by atoms with Crippen molar-refractivity contribution in [2.45, 2.75) is 39.4 Å². The van der Waals surface area contributed by atoms with Gasteiger partial charge in [-0.1, -0.05) is 0 Å². The number of carbonyl (C=O) groups excluding carboxylic acids is 1. The molecular weight excluding hydrogens is 234 g/mol. The van der Waals surface area contributed by atoms with Crippen LogP contribution in [-0.2, 0) is 11.8 Å². The summed E-state index contributed by atoms with van der Waals surface area (Å²) >= 11 is 0. The molecule has 0 bridgehead atoms. The fraction of sp³-hybridized carbons (Fsp3) is 0.667. The van der Waals surface area contributed by atoms with E-state index in [1.807, 2.05) is 27.7 Å². The number of amides is 1. The predicted molar refractivity (Wildman–Crippen MR) is 67.5 cm³/mol. The second kappa shape index (κ2) is 5.75. The van der Waals surface area contributed by atoms with Crippen LogP contribution in [0.4, 0.5) is 4.79 Å². The van der Waals surface area contributed by atoms with Crippen LogP contribution < -0.4 is 10.1 Å². The molecule has 0 fully saturated rings. The van der Waals surface area contributed by atoms with Gasteiger partial charge in [-0.05, 0) is 27.7 Å². The van der Waals surface area contributed by atoms with Gasteiger partial charge in [-0.25, -0.2) is 9.48 Å². The summed E-state index contributed by atoms with van der Waals surface area (Å²) in [6, 6.07) is 1.77. The smallest absolute Gasteiger partial charge is 0.407 e. The molecule has 0 saturated heterocycles. The fourth-order valence-corrected chi connectivity index (χ4v) is 1.27. The lowest BCUT2D eigenvalue weighted by atomic mass is 10.2. The number of rotatable bonds is 4. The Morgan fingerprint density at radius 1 is 1.56 bits per heavy atom. The zero-order valence-electron chi connectivity index (χ0n) is 11.6. The molecule has 18 heavy (non-hydrogen) atoms. The minimum absolute atomic E-state index is 0.159. The van der Waals surface area contributed by atoms with E-state index in [9.17, 15) is 4.79 Å². The van der Waals surface area contributed by atoms with E-state index in [0.717, 1.165) is 0 Å². The van der Waals surface area contributed by atoms with Crippen LogP contribution in [0.25, 0.3) is 0 Å². The van der Waals surface area contributed by atoms with Gasteiger partial charge in [-0.2, -0.15) is 5.10 Å². The molecule has 1 N–H and O–H groups in total. The summed E-state index contributed by atoms with van der Waals surface area (Å²) in [7, 11) is 1.79. The largest absolute Gasteiger partial charge is 0.473 e. The minimum Gasteiger partial charge on any atom is -0.473 e. The first-order valence-electron chi connectivity index (χ1n) is 5.89. The van der Waals surface area contributed by atoms with Crippen LogP contribution >= 0.6 is 0 Å². The third-order valence-corrected chi connectivity index (χ3v) is 2.03. The Labute approximate surface area is 107 Å². The van der Waals surface area contributed by atoms with Gasteiger partial charge in [0.2, 0.25) is 5.88 Å². The summed E-state index contributed by atoms with van der Waals surface area (Å²) in [5.74, 6) is 0.661. The molecule has 1 atom stereocenters. The lowest BCUT2D eigenvalue weighted by Crippen LogP contribution is -2.37. The summed E-state index contributed by atoms with van der Waals surface area (Å²) < 4.78 is 12.3. The zero-order chi connectivity index (χ0) is 13.8. The molecule has 102 valence electrons. The number of aryl methyl sites for hydroxylation is 1. The van der Waals surface area contributed by atoms with Crippen molar-refractivity contribution in [3.8, 4) is 5.88 Å². The first-order valence-corrected chi connectivity index (χ1v) is 5.89. The Hall–Kier alpha value is -1.72. The number of carbonyl (C=O) groups is 1. The summed E-state index contributed by atoms with van der Waals surface area (Å²) in [6.45, 7) is 7.71. The van der Waals surface area contributed by atoms with E-state index in [2.05, 4.69) is 10.4 Å². The molecule has 6 nitrogen and oxygen atoms in total. The van der Waals surface area contributed by atoms with Gasteiger partial charge >= 0.3 is 6.09 Å². The van der Waals surface area contributed by atoms with Crippen molar-refractivity contribution in [2.24, 2.45) is 7.05 Å². The van der Waals surface area contributed by atoms with Gasteiger partial charge in [0.1, 0.15) is 11.7 Å². The molecule has 1 rings (SSSR count). The molecule has 0 aliphatic heterocycles. The van der Waals surface area contributed by atoms with E-state index in [1.54, 1.807) is 24.0 Å². The molecule has 1 aromatic heterocycles. The number of ether oxygens (including phenoxy) is 2. The Morgan fingerprint density at radius 3 is 2.72 bits per heavy atom. The van der Waals surface area contributed by atoms with E-state index in [1.165, 1.54) is 0 Å². The first-order chi connectivity index (χ1) is 8.28. The van der Waals surface area contributed by atoms with Crippen molar-refractivity contribution in [2.75, 3.05) is 6.54 Å². The highest BCUT2D eigenvalue weighted by molar-refractivity contribution is 5.67. The molecule has 1 heterocycles. The molecule has 1 unspecified atom stereocenters. The maximum Gasteiger partial charge on any atom is 0.407 e. The molecule has 6 heteroatoms. The monoisotopic (exact) mass is 255 g/mol. The lowest BCUT2D eigenvalue weighted by Gasteiger charge is -2.21. The van der Waals surface area contributed by atoms with Crippen LogP contribution in [0.2, 0.25) is 0 Å². The molecule has 0 aliphatic rings. The molecular formula is C12H21N3O3. The van der Waals surface area contributed by atoms with Crippen molar-refractivity contribution in [3.63, 3.8) is 0 Å². The first kappa shape index (κ1) is 14.3. The number of aromatic nitrogens is 2. The van der Waals surface area contributed by atoms with Crippen molar-refractivity contribution >= 4 is 6.09 Å². The highest BCUT2D eigenvalue weighted by Crippen LogP contribution is 2.09. The molecule has 0 spiro atoms. The minimum atomic E-state index is -0.490. The normalized spacial score (nSPS) is 12.9. The van der Waals surface area contributed by atoms with Crippen LogP contribution in [0.1, 0.15) is 27.7 Å². The van der Waals surface area contributed by atoms with E-state index >= 15 is 0 Å². The molecule has 0 aliphatic carbocycles. The standard InChI is InChI=1S/C12H21N3O3/c1-9(17-10-6-7-14-15(10)5)8-13-11(16)18-12(2,3)4/h6-7,9H,8H2,1-5H3,(H,13,16). The molecule has 1 amide bonds. The Morgan fingerprint density at radius 2 is 2.22 bits per heavy atom. The SMILES string of the molecule is CC(CNC(=O)OC(C)(C)C)Oc1ccnn1C. The van der Waals surface area contributed by atoms with Crippen molar-refractivity contribution in [1.29, 1.82) is 0 Å².